The van der Waals surface area contributed by atoms with Crippen LogP contribution in [0.1, 0.15) is 27.2 Å². The SMILES string of the molecule is CCOC(=O)[C@@H](CC(C)C)N[P@](=O)(CCl)N(CCCl)CCCl. The summed E-state index contributed by atoms with van der Waals surface area (Å²) in [6.45, 7) is 6.72. The van der Waals surface area contributed by atoms with Crippen LogP contribution in [-0.2, 0) is 14.1 Å². The Balaban J connectivity index is 5.21. The lowest BCUT2D eigenvalue weighted by molar-refractivity contribution is -0.145. The van der Waals surface area contributed by atoms with E-state index in [1.165, 1.54) is 0 Å². The first kappa shape index (κ1) is 22.5. The number of carbonyl (C=O) groups is 1. The molecule has 0 radical (unpaired) electrons. The van der Waals surface area contributed by atoms with Crippen LogP contribution in [0.2, 0.25) is 0 Å². The number of alkyl halides is 3. The Morgan fingerprint density at radius 3 is 2.14 bits per heavy atom. The van der Waals surface area contributed by atoms with Gasteiger partial charge in [0.25, 0.3) is 0 Å². The maximum Gasteiger partial charge on any atom is 0.323 e. The van der Waals surface area contributed by atoms with Crippen molar-refractivity contribution in [2.75, 3.05) is 37.1 Å². The molecule has 2 atom stereocenters. The van der Waals surface area contributed by atoms with Crippen LogP contribution in [0.5, 0.6) is 0 Å². The summed E-state index contributed by atoms with van der Waals surface area (Å²) < 4.78 is 19.8. The predicted octanol–water partition coefficient (Wildman–Crippen LogP) is 3.72. The van der Waals surface area contributed by atoms with Gasteiger partial charge < -0.3 is 4.74 Å². The van der Waals surface area contributed by atoms with E-state index in [9.17, 15) is 9.36 Å². The number of ether oxygens (including phenoxy) is 1. The number of nitrogens with zero attached hydrogens (tertiary/aromatic N) is 1. The smallest absolute Gasteiger partial charge is 0.323 e. The van der Waals surface area contributed by atoms with E-state index in [1.54, 1.807) is 11.6 Å². The quantitative estimate of drug-likeness (QED) is 0.310. The lowest BCUT2D eigenvalue weighted by Crippen LogP contribution is -2.42. The molecule has 0 aromatic heterocycles. The Kier molecular flexibility index (Phi) is 12.2. The zero-order chi connectivity index (χ0) is 17.2. The van der Waals surface area contributed by atoms with Gasteiger partial charge in [-0.15, -0.1) is 34.8 Å². The molecular weight excluding hydrogens is 369 g/mol. The molecule has 9 heteroatoms. The molecule has 5 nitrogen and oxygen atoms in total. The monoisotopic (exact) mass is 394 g/mol. The van der Waals surface area contributed by atoms with Crippen molar-refractivity contribution in [3.8, 4) is 0 Å². The number of halogens is 3. The molecule has 0 aliphatic rings. The highest BCUT2D eigenvalue weighted by Gasteiger charge is 2.35. The van der Waals surface area contributed by atoms with Crippen LogP contribution < -0.4 is 5.09 Å². The number of esters is 1. The zero-order valence-corrected chi connectivity index (χ0v) is 16.5. The fourth-order valence-electron chi connectivity index (χ4n) is 1.98. The van der Waals surface area contributed by atoms with Gasteiger partial charge in [0.2, 0.25) is 7.44 Å². The molecule has 0 aromatic rings. The van der Waals surface area contributed by atoms with Crippen LogP contribution in [0.4, 0.5) is 0 Å². The molecule has 0 heterocycles. The maximum absolute atomic E-state index is 13.1. The highest BCUT2D eigenvalue weighted by Crippen LogP contribution is 2.47. The lowest BCUT2D eigenvalue weighted by atomic mass is 10.1. The van der Waals surface area contributed by atoms with Gasteiger partial charge in [-0.2, -0.15) is 0 Å². The van der Waals surface area contributed by atoms with Gasteiger partial charge >= 0.3 is 5.97 Å². The highest BCUT2D eigenvalue weighted by molar-refractivity contribution is 7.61. The van der Waals surface area contributed by atoms with E-state index in [0.717, 1.165) is 0 Å². The third kappa shape index (κ3) is 7.85. The van der Waals surface area contributed by atoms with Crippen molar-refractivity contribution in [3.63, 3.8) is 0 Å². The van der Waals surface area contributed by atoms with E-state index in [0.29, 0.717) is 31.3 Å². The van der Waals surface area contributed by atoms with Crippen molar-refractivity contribution in [2.24, 2.45) is 5.92 Å². The highest BCUT2D eigenvalue weighted by atomic mass is 35.5. The van der Waals surface area contributed by atoms with Crippen LogP contribution in [0.3, 0.4) is 0 Å². The Morgan fingerprint density at radius 2 is 1.77 bits per heavy atom. The average Bonchev–Trinajstić information content (AvgIpc) is 2.46. The topological polar surface area (TPSA) is 58.6 Å². The molecule has 0 aliphatic carbocycles. The summed E-state index contributed by atoms with van der Waals surface area (Å²) in [6.07, 6.45) is 0.509. The van der Waals surface area contributed by atoms with Crippen molar-refractivity contribution in [1.29, 1.82) is 0 Å². The van der Waals surface area contributed by atoms with Crippen LogP contribution >= 0.6 is 42.2 Å². The first-order valence-corrected chi connectivity index (χ1v) is 10.8. The third-order valence-corrected chi connectivity index (χ3v) is 6.60. The molecular formula is C13H26Cl3N2O3P. The average molecular weight is 396 g/mol. The van der Waals surface area contributed by atoms with Gasteiger partial charge in [0, 0.05) is 24.8 Å². The Hall–Kier alpha value is 0.490. The Bertz CT molecular complexity index is 366. The summed E-state index contributed by atoms with van der Waals surface area (Å²) in [7, 11) is -3.15. The normalized spacial score (nSPS) is 15.8. The van der Waals surface area contributed by atoms with Gasteiger partial charge in [0.1, 0.15) is 11.7 Å². The molecule has 0 saturated heterocycles. The van der Waals surface area contributed by atoms with Crippen molar-refractivity contribution in [3.05, 3.63) is 0 Å². The lowest BCUT2D eigenvalue weighted by Gasteiger charge is -2.32. The van der Waals surface area contributed by atoms with Crippen molar-refractivity contribution in [1.82, 2.24) is 9.76 Å². The van der Waals surface area contributed by atoms with E-state index in [1.807, 2.05) is 13.8 Å². The summed E-state index contributed by atoms with van der Waals surface area (Å²) in [5.41, 5.74) is -0.130. The summed E-state index contributed by atoms with van der Waals surface area (Å²) in [6, 6.07) is -0.669. The largest absolute Gasteiger partial charge is 0.465 e. The molecule has 0 spiro atoms. The minimum atomic E-state index is -3.15. The molecule has 0 saturated carbocycles. The fraction of sp³-hybridized carbons (Fsp3) is 0.923. The number of nitrogens with one attached hydrogen (secondary N) is 1. The Labute approximate surface area is 148 Å². The molecule has 132 valence electrons. The molecule has 0 unspecified atom stereocenters. The fourth-order valence-corrected chi connectivity index (χ4v) is 5.21. The number of carbonyl (C=O) groups excluding carboxylic acids is 1. The molecule has 0 rings (SSSR count). The van der Waals surface area contributed by atoms with E-state index < -0.39 is 19.5 Å². The van der Waals surface area contributed by atoms with Crippen LogP contribution in [-0.4, -0.2) is 53.8 Å². The third-order valence-electron chi connectivity index (χ3n) is 2.94. The maximum atomic E-state index is 13.1. The molecule has 0 aromatic carbocycles. The van der Waals surface area contributed by atoms with E-state index >= 15 is 0 Å². The van der Waals surface area contributed by atoms with Crippen LogP contribution in [0.15, 0.2) is 0 Å². The van der Waals surface area contributed by atoms with Crippen molar-refractivity contribution < 1.29 is 14.1 Å². The second kappa shape index (κ2) is 11.9. The van der Waals surface area contributed by atoms with Gasteiger partial charge in [-0.1, -0.05) is 13.8 Å². The standard InChI is InChI=1S/C13H26Cl3N2O3P/c1-4-21-13(19)12(9-11(2)3)17-22(20,10-16)18(7-5-14)8-6-15/h11-12H,4-10H2,1-3H3,(H,17,20)/t12-,22-/m1/s1. The molecule has 1 N–H and O–H groups in total. The van der Waals surface area contributed by atoms with E-state index in [-0.39, 0.29) is 18.1 Å². The summed E-state index contributed by atoms with van der Waals surface area (Å²) in [5, 5.41) is 2.92. The number of hydrogen-bond donors (Lipinski definition) is 1. The second-order valence-corrected chi connectivity index (χ2v) is 9.16. The predicted molar refractivity (Wildman–Crippen MR) is 94.4 cm³/mol. The van der Waals surface area contributed by atoms with Gasteiger partial charge in [-0.05, 0) is 19.3 Å². The Morgan fingerprint density at radius 1 is 1.23 bits per heavy atom. The number of hydrogen-bond acceptors (Lipinski definition) is 3. The molecule has 22 heavy (non-hydrogen) atoms. The zero-order valence-electron chi connectivity index (χ0n) is 13.4. The van der Waals surface area contributed by atoms with Gasteiger partial charge in [-0.25, -0.2) is 9.76 Å². The number of rotatable bonds is 12. The second-order valence-electron chi connectivity index (χ2n) is 5.22. The summed E-state index contributed by atoms with van der Waals surface area (Å²) >= 11 is 17.5. The van der Waals surface area contributed by atoms with E-state index in [2.05, 4.69) is 5.09 Å². The summed E-state index contributed by atoms with van der Waals surface area (Å²) in [4.78, 5) is 12.1. The van der Waals surface area contributed by atoms with Crippen LogP contribution in [0.25, 0.3) is 0 Å². The first-order valence-electron chi connectivity index (χ1n) is 7.31. The van der Waals surface area contributed by atoms with Crippen molar-refractivity contribution >= 4 is 48.2 Å². The summed E-state index contributed by atoms with van der Waals surface area (Å²) in [5.74, 6) is 0.417. The van der Waals surface area contributed by atoms with E-state index in [4.69, 9.17) is 39.5 Å². The molecule has 0 bridgehead atoms. The molecule has 0 amide bonds. The van der Waals surface area contributed by atoms with Gasteiger partial charge in [0.05, 0.1) is 6.61 Å². The molecule has 0 aliphatic heterocycles. The molecule has 0 fully saturated rings. The van der Waals surface area contributed by atoms with Gasteiger partial charge in [-0.3, -0.25) is 9.36 Å². The minimum Gasteiger partial charge on any atom is -0.465 e. The minimum absolute atomic E-state index is 0.130. The van der Waals surface area contributed by atoms with Crippen LogP contribution in [0, 0.1) is 5.92 Å². The van der Waals surface area contributed by atoms with Gasteiger partial charge in [0.15, 0.2) is 0 Å². The first-order chi connectivity index (χ1) is 10.3. The van der Waals surface area contributed by atoms with Crippen molar-refractivity contribution in [2.45, 2.75) is 33.2 Å².